The SMILES string of the molecule is O=C(O)c1noc2c1CCCCC2. The quantitative estimate of drug-likeness (QED) is 0.669. The molecule has 1 aromatic heterocycles. The summed E-state index contributed by atoms with van der Waals surface area (Å²) in [6.07, 6.45) is 4.87. The first-order chi connectivity index (χ1) is 6.29. The minimum absolute atomic E-state index is 0.108. The molecule has 0 saturated heterocycles. The third-order valence-electron chi connectivity index (χ3n) is 2.40. The molecule has 0 spiro atoms. The smallest absolute Gasteiger partial charge is 0.358 e. The molecular formula is C9H11NO3. The van der Waals surface area contributed by atoms with Gasteiger partial charge in [0, 0.05) is 12.0 Å². The van der Waals surface area contributed by atoms with Crippen molar-refractivity contribution < 1.29 is 14.4 Å². The minimum Gasteiger partial charge on any atom is -0.476 e. The highest BCUT2D eigenvalue weighted by atomic mass is 16.5. The number of aromatic carboxylic acids is 1. The molecular weight excluding hydrogens is 170 g/mol. The summed E-state index contributed by atoms with van der Waals surface area (Å²) in [5, 5.41) is 12.4. The first kappa shape index (κ1) is 8.29. The normalized spacial score (nSPS) is 16.3. The van der Waals surface area contributed by atoms with Gasteiger partial charge in [-0.3, -0.25) is 0 Å². The lowest BCUT2D eigenvalue weighted by atomic mass is 10.1. The topological polar surface area (TPSA) is 63.3 Å². The van der Waals surface area contributed by atoms with Crippen LogP contribution in [-0.4, -0.2) is 16.2 Å². The van der Waals surface area contributed by atoms with Crippen molar-refractivity contribution in [1.82, 2.24) is 5.16 Å². The maximum absolute atomic E-state index is 10.7. The maximum atomic E-state index is 10.7. The Morgan fingerprint density at radius 1 is 1.31 bits per heavy atom. The molecule has 0 aromatic carbocycles. The molecule has 70 valence electrons. The molecule has 4 heteroatoms. The highest BCUT2D eigenvalue weighted by Crippen LogP contribution is 2.23. The zero-order chi connectivity index (χ0) is 9.26. The van der Waals surface area contributed by atoms with Crippen LogP contribution in [0.5, 0.6) is 0 Å². The molecule has 13 heavy (non-hydrogen) atoms. The van der Waals surface area contributed by atoms with Crippen molar-refractivity contribution in [2.75, 3.05) is 0 Å². The summed E-state index contributed by atoms with van der Waals surface area (Å²) in [4.78, 5) is 10.7. The van der Waals surface area contributed by atoms with Crippen molar-refractivity contribution in [2.45, 2.75) is 32.1 Å². The van der Waals surface area contributed by atoms with Crippen molar-refractivity contribution in [1.29, 1.82) is 0 Å². The van der Waals surface area contributed by atoms with Crippen LogP contribution in [0.15, 0.2) is 4.52 Å². The van der Waals surface area contributed by atoms with E-state index in [0.717, 1.165) is 43.4 Å². The van der Waals surface area contributed by atoms with Crippen molar-refractivity contribution in [3.05, 3.63) is 17.0 Å². The van der Waals surface area contributed by atoms with Crippen molar-refractivity contribution in [2.24, 2.45) is 0 Å². The minimum atomic E-state index is -0.980. The van der Waals surface area contributed by atoms with Crippen LogP contribution < -0.4 is 0 Å². The monoisotopic (exact) mass is 181 g/mol. The first-order valence-corrected chi connectivity index (χ1v) is 4.50. The number of aromatic nitrogens is 1. The average molecular weight is 181 g/mol. The van der Waals surface area contributed by atoms with Crippen molar-refractivity contribution in [3.63, 3.8) is 0 Å². The second-order valence-electron chi connectivity index (χ2n) is 3.30. The number of rotatable bonds is 1. The van der Waals surface area contributed by atoms with E-state index >= 15 is 0 Å². The van der Waals surface area contributed by atoms with E-state index in [2.05, 4.69) is 5.16 Å². The fourth-order valence-corrected chi connectivity index (χ4v) is 1.73. The zero-order valence-electron chi connectivity index (χ0n) is 7.25. The highest BCUT2D eigenvalue weighted by molar-refractivity contribution is 5.87. The van der Waals surface area contributed by atoms with Gasteiger partial charge in [-0.1, -0.05) is 11.6 Å². The first-order valence-electron chi connectivity index (χ1n) is 4.50. The zero-order valence-corrected chi connectivity index (χ0v) is 7.25. The van der Waals surface area contributed by atoms with Gasteiger partial charge in [-0.2, -0.15) is 0 Å². The Morgan fingerprint density at radius 3 is 2.85 bits per heavy atom. The van der Waals surface area contributed by atoms with E-state index in [1.54, 1.807) is 0 Å². The predicted molar refractivity (Wildman–Crippen MR) is 44.7 cm³/mol. The summed E-state index contributed by atoms with van der Waals surface area (Å²) < 4.78 is 5.00. The fourth-order valence-electron chi connectivity index (χ4n) is 1.73. The number of nitrogens with zero attached hydrogens (tertiary/aromatic N) is 1. The van der Waals surface area contributed by atoms with E-state index < -0.39 is 5.97 Å². The maximum Gasteiger partial charge on any atom is 0.358 e. The Balaban J connectivity index is 2.39. The largest absolute Gasteiger partial charge is 0.476 e. The number of carboxylic acid groups (broad SMARTS) is 1. The Bertz CT molecular complexity index is 330. The van der Waals surface area contributed by atoms with Gasteiger partial charge in [-0.15, -0.1) is 0 Å². The molecule has 1 aliphatic carbocycles. The van der Waals surface area contributed by atoms with E-state index in [4.69, 9.17) is 9.63 Å². The molecule has 1 aromatic rings. The van der Waals surface area contributed by atoms with E-state index in [1.807, 2.05) is 0 Å². The number of carboxylic acids is 1. The van der Waals surface area contributed by atoms with Gasteiger partial charge >= 0.3 is 5.97 Å². The van der Waals surface area contributed by atoms with Crippen molar-refractivity contribution in [3.8, 4) is 0 Å². The Labute approximate surface area is 75.5 Å². The summed E-state index contributed by atoms with van der Waals surface area (Å²) in [5.74, 6) is -0.207. The van der Waals surface area contributed by atoms with Gasteiger partial charge in [-0.25, -0.2) is 4.79 Å². The Morgan fingerprint density at radius 2 is 2.08 bits per heavy atom. The molecule has 1 N–H and O–H groups in total. The van der Waals surface area contributed by atoms with E-state index in [1.165, 1.54) is 0 Å². The van der Waals surface area contributed by atoms with E-state index in [-0.39, 0.29) is 5.69 Å². The molecule has 0 saturated carbocycles. The average Bonchev–Trinajstić information content (AvgIpc) is 2.36. The van der Waals surface area contributed by atoms with Crippen LogP contribution >= 0.6 is 0 Å². The molecule has 0 unspecified atom stereocenters. The summed E-state index contributed by atoms with van der Waals surface area (Å²) in [7, 11) is 0. The highest BCUT2D eigenvalue weighted by Gasteiger charge is 2.22. The lowest BCUT2D eigenvalue weighted by molar-refractivity contribution is 0.0684. The van der Waals surface area contributed by atoms with Crippen LogP contribution in [0.25, 0.3) is 0 Å². The molecule has 1 aliphatic rings. The van der Waals surface area contributed by atoms with Crippen molar-refractivity contribution >= 4 is 5.97 Å². The number of fused-ring (bicyclic) bond motifs is 1. The molecule has 0 fully saturated rings. The van der Waals surface area contributed by atoms with Gasteiger partial charge in [0.05, 0.1) is 0 Å². The molecule has 4 nitrogen and oxygen atoms in total. The number of carbonyl (C=O) groups is 1. The third-order valence-corrected chi connectivity index (χ3v) is 2.40. The summed E-state index contributed by atoms with van der Waals surface area (Å²) >= 11 is 0. The Hall–Kier alpha value is -1.32. The molecule has 0 amide bonds. The molecule has 2 rings (SSSR count). The number of aryl methyl sites for hydroxylation is 1. The van der Waals surface area contributed by atoms with Gasteiger partial charge in [0.25, 0.3) is 0 Å². The molecule has 1 heterocycles. The number of hydrogen-bond donors (Lipinski definition) is 1. The molecule has 0 radical (unpaired) electrons. The molecule has 0 bridgehead atoms. The Kier molecular flexibility index (Phi) is 2.04. The summed E-state index contributed by atoms with van der Waals surface area (Å²) in [5.41, 5.74) is 0.918. The standard InChI is InChI=1S/C9H11NO3/c11-9(12)8-6-4-2-1-3-5-7(6)13-10-8/h1-5H2,(H,11,12). The van der Waals surface area contributed by atoms with Crippen LogP contribution in [0.4, 0.5) is 0 Å². The van der Waals surface area contributed by atoms with Gasteiger partial charge in [0.2, 0.25) is 0 Å². The van der Waals surface area contributed by atoms with Crippen LogP contribution in [0.1, 0.15) is 41.1 Å². The third kappa shape index (κ3) is 1.43. The summed E-state index contributed by atoms with van der Waals surface area (Å²) in [6, 6.07) is 0. The van der Waals surface area contributed by atoms with Gasteiger partial charge < -0.3 is 9.63 Å². The molecule has 0 aliphatic heterocycles. The van der Waals surface area contributed by atoms with Crippen LogP contribution in [0.2, 0.25) is 0 Å². The lowest BCUT2D eigenvalue weighted by Gasteiger charge is -1.93. The number of hydrogen-bond acceptors (Lipinski definition) is 3. The lowest BCUT2D eigenvalue weighted by Crippen LogP contribution is -2.01. The van der Waals surface area contributed by atoms with Gasteiger partial charge in [0.1, 0.15) is 5.76 Å². The second kappa shape index (κ2) is 3.20. The van der Waals surface area contributed by atoms with E-state index in [9.17, 15) is 4.79 Å². The summed E-state index contributed by atoms with van der Waals surface area (Å²) in [6.45, 7) is 0. The van der Waals surface area contributed by atoms with Crippen LogP contribution in [0.3, 0.4) is 0 Å². The van der Waals surface area contributed by atoms with Crippen LogP contribution in [-0.2, 0) is 12.8 Å². The van der Waals surface area contributed by atoms with Gasteiger partial charge in [0.15, 0.2) is 5.69 Å². The fraction of sp³-hybridized carbons (Fsp3) is 0.556. The van der Waals surface area contributed by atoms with E-state index in [0.29, 0.717) is 0 Å². The molecule has 0 atom stereocenters. The predicted octanol–water partition coefficient (Wildman–Crippen LogP) is 1.64. The second-order valence-corrected chi connectivity index (χ2v) is 3.30. The van der Waals surface area contributed by atoms with Crippen LogP contribution in [0, 0.1) is 0 Å². The van der Waals surface area contributed by atoms with Gasteiger partial charge in [-0.05, 0) is 19.3 Å².